The van der Waals surface area contributed by atoms with Crippen molar-refractivity contribution in [3.05, 3.63) is 53.1 Å². The van der Waals surface area contributed by atoms with Gasteiger partial charge < -0.3 is 0 Å². The topological polar surface area (TPSA) is 0 Å². The second-order valence-corrected chi connectivity index (χ2v) is 5.50. The predicted octanol–water partition coefficient (Wildman–Crippen LogP) is 4.93. The van der Waals surface area contributed by atoms with Crippen LogP contribution in [-0.2, 0) is 0 Å². The van der Waals surface area contributed by atoms with Crippen molar-refractivity contribution in [3.63, 3.8) is 0 Å². The van der Waals surface area contributed by atoms with Crippen molar-refractivity contribution in [2.75, 3.05) is 0 Å². The summed E-state index contributed by atoms with van der Waals surface area (Å²) in [6.07, 6.45) is 8.42. The van der Waals surface area contributed by atoms with E-state index in [0.717, 1.165) is 0 Å². The highest BCUT2D eigenvalue weighted by molar-refractivity contribution is 5.75. The lowest BCUT2D eigenvalue weighted by molar-refractivity contribution is 0.558. The minimum Gasteiger partial charge on any atom is -0.0839 e. The molecule has 0 saturated heterocycles. The Hall–Kier alpha value is -1.30. The maximum absolute atomic E-state index is 2.38. The fraction of sp³-hybridized carbons (Fsp3) is 0.412. The summed E-state index contributed by atoms with van der Waals surface area (Å²) < 4.78 is 0. The third kappa shape index (κ3) is 1.76. The van der Waals surface area contributed by atoms with Crippen molar-refractivity contribution >= 4 is 5.57 Å². The molecule has 0 spiro atoms. The summed E-state index contributed by atoms with van der Waals surface area (Å²) in [4.78, 5) is 0. The Morgan fingerprint density at radius 2 is 1.88 bits per heavy atom. The van der Waals surface area contributed by atoms with Crippen LogP contribution in [0.5, 0.6) is 0 Å². The molecule has 0 heteroatoms. The normalized spacial score (nSPS) is 27.4. The summed E-state index contributed by atoms with van der Waals surface area (Å²) in [6, 6.07) is 9.01. The molecule has 1 aromatic carbocycles. The zero-order chi connectivity index (χ0) is 11.8. The van der Waals surface area contributed by atoms with Crippen LogP contribution in [0.1, 0.15) is 50.2 Å². The summed E-state index contributed by atoms with van der Waals surface area (Å²) in [7, 11) is 0. The van der Waals surface area contributed by atoms with Crippen LogP contribution in [-0.4, -0.2) is 0 Å². The van der Waals surface area contributed by atoms with Gasteiger partial charge in [-0.25, -0.2) is 0 Å². The molecule has 0 amide bonds. The molecule has 2 unspecified atom stereocenters. The second-order valence-electron chi connectivity index (χ2n) is 5.50. The number of hydrogen-bond acceptors (Lipinski definition) is 0. The Balaban J connectivity index is 2.22. The van der Waals surface area contributed by atoms with Gasteiger partial charge in [0.05, 0.1) is 0 Å². The zero-order valence-corrected chi connectivity index (χ0v) is 10.7. The summed E-state index contributed by atoms with van der Waals surface area (Å²) in [5.41, 5.74) is 6.27. The molecule has 0 aromatic heterocycles. The summed E-state index contributed by atoms with van der Waals surface area (Å²) >= 11 is 0. The van der Waals surface area contributed by atoms with Crippen molar-refractivity contribution in [2.24, 2.45) is 5.92 Å². The Morgan fingerprint density at radius 3 is 2.76 bits per heavy atom. The van der Waals surface area contributed by atoms with E-state index in [4.69, 9.17) is 0 Å². The molecular formula is C17H20. The third-order valence-electron chi connectivity index (χ3n) is 4.26. The molecule has 0 N–H and O–H groups in total. The SMILES string of the molecule is CC1CC(C)c2ccccc2C2=C1C=CCC2. The highest BCUT2D eigenvalue weighted by Crippen LogP contribution is 2.42. The largest absolute Gasteiger partial charge is 0.0839 e. The molecule has 17 heavy (non-hydrogen) atoms. The summed E-state index contributed by atoms with van der Waals surface area (Å²) in [5, 5.41) is 0. The van der Waals surface area contributed by atoms with Gasteiger partial charge >= 0.3 is 0 Å². The van der Waals surface area contributed by atoms with Gasteiger partial charge in [0.1, 0.15) is 0 Å². The van der Waals surface area contributed by atoms with Crippen LogP contribution in [0, 0.1) is 5.92 Å². The number of hydrogen-bond donors (Lipinski definition) is 0. The Morgan fingerprint density at radius 1 is 1.06 bits per heavy atom. The van der Waals surface area contributed by atoms with E-state index in [-0.39, 0.29) is 0 Å². The van der Waals surface area contributed by atoms with Crippen LogP contribution < -0.4 is 0 Å². The highest BCUT2D eigenvalue weighted by Gasteiger charge is 2.25. The average molecular weight is 224 g/mol. The Kier molecular flexibility index (Phi) is 2.66. The molecule has 0 saturated carbocycles. The van der Waals surface area contributed by atoms with E-state index >= 15 is 0 Å². The van der Waals surface area contributed by atoms with Crippen LogP contribution in [0.4, 0.5) is 0 Å². The molecule has 0 bridgehead atoms. The standard InChI is InChI=1S/C17H20/c1-12-11-13(2)15-8-4-6-10-17(15)16-9-5-3-7-14(12)16/h3-5,7-9,12-13H,6,10-11H2,1-2H3. The van der Waals surface area contributed by atoms with Crippen molar-refractivity contribution in [1.29, 1.82) is 0 Å². The zero-order valence-electron chi connectivity index (χ0n) is 10.7. The first-order valence-corrected chi connectivity index (χ1v) is 6.76. The van der Waals surface area contributed by atoms with Crippen molar-refractivity contribution in [1.82, 2.24) is 0 Å². The maximum Gasteiger partial charge on any atom is -0.0179 e. The van der Waals surface area contributed by atoms with Gasteiger partial charge in [-0.1, -0.05) is 50.3 Å². The number of fused-ring (bicyclic) bond motifs is 2. The van der Waals surface area contributed by atoms with E-state index in [1.165, 1.54) is 24.8 Å². The van der Waals surface area contributed by atoms with Gasteiger partial charge in [-0.2, -0.15) is 0 Å². The van der Waals surface area contributed by atoms with Gasteiger partial charge in [-0.05, 0) is 53.4 Å². The van der Waals surface area contributed by atoms with Crippen molar-refractivity contribution in [2.45, 2.75) is 39.0 Å². The van der Waals surface area contributed by atoms with E-state index in [1.807, 2.05) is 0 Å². The number of rotatable bonds is 0. The molecule has 88 valence electrons. The van der Waals surface area contributed by atoms with Crippen molar-refractivity contribution < 1.29 is 0 Å². The molecular weight excluding hydrogens is 204 g/mol. The summed E-state index contributed by atoms with van der Waals surface area (Å²) in [5.74, 6) is 1.38. The smallest absolute Gasteiger partial charge is 0.0179 e. The lowest BCUT2D eigenvalue weighted by Crippen LogP contribution is -2.02. The minimum absolute atomic E-state index is 0.681. The molecule has 2 aliphatic rings. The van der Waals surface area contributed by atoms with Gasteiger partial charge in [-0.3, -0.25) is 0 Å². The number of allylic oxidation sites excluding steroid dienone is 4. The molecule has 0 nitrogen and oxygen atoms in total. The van der Waals surface area contributed by atoms with Crippen molar-refractivity contribution in [3.8, 4) is 0 Å². The van der Waals surface area contributed by atoms with E-state index in [9.17, 15) is 0 Å². The van der Waals surface area contributed by atoms with Gasteiger partial charge in [-0.15, -0.1) is 0 Å². The number of benzene rings is 1. The van der Waals surface area contributed by atoms with E-state index in [1.54, 1.807) is 16.7 Å². The van der Waals surface area contributed by atoms with Crippen LogP contribution in [0.2, 0.25) is 0 Å². The molecule has 2 atom stereocenters. The van der Waals surface area contributed by atoms with Gasteiger partial charge in [0, 0.05) is 0 Å². The molecule has 3 rings (SSSR count). The van der Waals surface area contributed by atoms with Crippen LogP contribution in [0.15, 0.2) is 42.0 Å². The molecule has 0 aliphatic heterocycles. The fourth-order valence-corrected chi connectivity index (χ4v) is 3.42. The lowest BCUT2D eigenvalue weighted by atomic mass is 9.86. The molecule has 1 aromatic rings. The predicted molar refractivity (Wildman–Crippen MR) is 73.9 cm³/mol. The molecule has 0 fully saturated rings. The molecule has 2 aliphatic carbocycles. The van der Waals surface area contributed by atoms with E-state index in [0.29, 0.717) is 11.8 Å². The highest BCUT2D eigenvalue weighted by atomic mass is 14.3. The first-order chi connectivity index (χ1) is 8.27. The average Bonchev–Trinajstić information content (AvgIpc) is 2.48. The van der Waals surface area contributed by atoms with Crippen LogP contribution in [0.3, 0.4) is 0 Å². The van der Waals surface area contributed by atoms with Gasteiger partial charge in [0.2, 0.25) is 0 Å². The first kappa shape index (κ1) is 10.8. The Bertz CT molecular complexity index is 491. The van der Waals surface area contributed by atoms with Crippen LogP contribution in [0.25, 0.3) is 5.57 Å². The summed E-state index contributed by atoms with van der Waals surface area (Å²) in [6.45, 7) is 4.75. The monoisotopic (exact) mass is 224 g/mol. The minimum atomic E-state index is 0.681. The Labute approximate surface area is 104 Å². The molecule has 0 radical (unpaired) electrons. The van der Waals surface area contributed by atoms with Crippen LogP contribution >= 0.6 is 0 Å². The maximum atomic E-state index is 2.38. The van der Waals surface area contributed by atoms with E-state index in [2.05, 4.69) is 50.3 Å². The first-order valence-electron chi connectivity index (χ1n) is 6.76. The van der Waals surface area contributed by atoms with Gasteiger partial charge in [0.25, 0.3) is 0 Å². The lowest BCUT2D eigenvalue weighted by Gasteiger charge is -2.19. The quantitative estimate of drug-likeness (QED) is 0.586. The second kappa shape index (κ2) is 4.18. The molecule has 0 heterocycles. The van der Waals surface area contributed by atoms with Gasteiger partial charge in [0.15, 0.2) is 0 Å². The van der Waals surface area contributed by atoms with E-state index < -0.39 is 0 Å². The third-order valence-corrected chi connectivity index (χ3v) is 4.26. The fourth-order valence-electron chi connectivity index (χ4n) is 3.42.